The van der Waals surface area contributed by atoms with Crippen LogP contribution in [0.5, 0.6) is 0 Å². The van der Waals surface area contributed by atoms with Crippen molar-refractivity contribution in [2.24, 2.45) is 0 Å². The normalized spacial score (nSPS) is 19.1. The third kappa shape index (κ3) is 6.35. The Morgan fingerprint density at radius 2 is 1.37 bits per heavy atom. The first-order valence-corrected chi connectivity index (χ1v) is 10.2. The number of carbonyl (C=O) groups excluding carboxylic acids is 2. The van der Waals surface area contributed by atoms with Gasteiger partial charge < -0.3 is 10.2 Å². The van der Waals surface area contributed by atoms with E-state index >= 15 is 0 Å². The van der Waals surface area contributed by atoms with Gasteiger partial charge in [-0.3, -0.25) is 19.4 Å². The van der Waals surface area contributed by atoms with Gasteiger partial charge in [-0.25, -0.2) is 0 Å². The van der Waals surface area contributed by atoms with Gasteiger partial charge in [0.2, 0.25) is 11.8 Å². The number of amides is 2. The summed E-state index contributed by atoms with van der Waals surface area (Å²) in [4.78, 5) is 30.9. The molecule has 27 heavy (non-hydrogen) atoms. The summed E-state index contributed by atoms with van der Waals surface area (Å²) in [5.41, 5.74) is 0.600. The minimum Gasteiger partial charge on any atom is -0.342 e. The van der Waals surface area contributed by atoms with Gasteiger partial charge in [0.05, 0.1) is 13.1 Å². The van der Waals surface area contributed by atoms with E-state index in [0.717, 1.165) is 52.1 Å². The van der Waals surface area contributed by atoms with E-state index in [-0.39, 0.29) is 11.8 Å². The molecule has 0 radical (unpaired) electrons. The number of piperidine rings is 1. The Kier molecular flexibility index (Phi) is 7.35. The zero-order valence-electron chi connectivity index (χ0n) is 15.4. The first-order chi connectivity index (χ1) is 13.0. The van der Waals surface area contributed by atoms with Crippen molar-refractivity contribution < 1.29 is 9.59 Å². The molecule has 1 aromatic rings. The van der Waals surface area contributed by atoms with Crippen molar-refractivity contribution in [2.75, 3.05) is 57.7 Å². The molecule has 0 aromatic heterocycles. The summed E-state index contributed by atoms with van der Waals surface area (Å²) in [5, 5.41) is 3.81. The number of piperazine rings is 1. The van der Waals surface area contributed by atoms with Crippen molar-refractivity contribution in [2.45, 2.75) is 19.3 Å². The molecule has 0 bridgehead atoms. The van der Waals surface area contributed by atoms with Crippen LogP contribution in [-0.4, -0.2) is 78.9 Å². The summed E-state index contributed by atoms with van der Waals surface area (Å²) in [6.45, 7) is 5.75. The van der Waals surface area contributed by atoms with Crippen molar-refractivity contribution in [1.82, 2.24) is 14.7 Å². The van der Waals surface area contributed by atoms with Gasteiger partial charge in [0.1, 0.15) is 0 Å². The minimum atomic E-state index is -0.0915. The molecule has 2 amide bonds. The van der Waals surface area contributed by atoms with E-state index in [9.17, 15) is 9.59 Å². The number of nitrogens with one attached hydrogen (secondary N) is 1. The summed E-state index contributed by atoms with van der Waals surface area (Å²) < 4.78 is 0. The zero-order chi connectivity index (χ0) is 19.2. The lowest BCUT2D eigenvalue weighted by molar-refractivity contribution is -0.134. The summed E-state index contributed by atoms with van der Waals surface area (Å²) in [6.07, 6.45) is 3.46. The first kappa shape index (κ1) is 20.4. The van der Waals surface area contributed by atoms with E-state index in [0.29, 0.717) is 28.8 Å². The monoisotopic (exact) mass is 412 g/mol. The number of nitrogens with zero attached hydrogens (tertiary/aromatic N) is 3. The molecule has 8 heteroatoms. The molecule has 2 heterocycles. The number of benzene rings is 1. The molecule has 0 aliphatic carbocycles. The molecule has 2 saturated heterocycles. The molecular weight excluding hydrogens is 387 g/mol. The Morgan fingerprint density at radius 1 is 0.815 bits per heavy atom. The minimum absolute atomic E-state index is 0.0915. The maximum Gasteiger partial charge on any atom is 0.238 e. The standard InChI is InChI=1S/C19H26Cl2N4O2/c20-15-10-16(21)12-17(11-15)22-18(26)13-23-6-8-24(9-7-23)14-19(27)25-4-2-1-3-5-25/h10-12H,1-9,13-14H2,(H,22,26). The zero-order valence-corrected chi connectivity index (χ0v) is 16.9. The molecule has 6 nitrogen and oxygen atoms in total. The molecule has 0 unspecified atom stereocenters. The van der Waals surface area contributed by atoms with Crippen molar-refractivity contribution in [1.29, 1.82) is 0 Å². The fourth-order valence-corrected chi connectivity index (χ4v) is 4.10. The van der Waals surface area contributed by atoms with Crippen LogP contribution in [0, 0.1) is 0 Å². The molecule has 1 aromatic carbocycles. The molecule has 0 spiro atoms. The number of anilines is 1. The van der Waals surface area contributed by atoms with Crippen LogP contribution in [0.3, 0.4) is 0 Å². The summed E-state index contributed by atoms with van der Waals surface area (Å²) in [7, 11) is 0. The Balaban J connectivity index is 1.39. The van der Waals surface area contributed by atoms with Crippen LogP contribution in [0.2, 0.25) is 10.0 Å². The highest BCUT2D eigenvalue weighted by atomic mass is 35.5. The van der Waals surface area contributed by atoms with Crippen LogP contribution in [0.1, 0.15) is 19.3 Å². The van der Waals surface area contributed by atoms with Crippen molar-refractivity contribution in [3.8, 4) is 0 Å². The maximum atomic E-state index is 12.4. The van der Waals surface area contributed by atoms with E-state index in [1.807, 2.05) is 4.90 Å². The molecule has 1 N–H and O–H groups in total. The SMILES string of the molecule is O=C(CN1CCN(CC(=O)N2CCCCC2)CC1)Nc1cc(Cl)cc(Cl)c1. The average Bonchev–Trinajstić information content (AvgIpc) is 2.63. The highest BCUT2D eigenvalue weighted by Gasteiger charge is 2.23. The largest absolute Gasteiger partial charge is 0.342 e. The molecule has 2 aliphatic rings. The Morgan fingerprint density at radius 3 is 1.96 bits per heavy atom. The van der Waals surface area contributed by atoms with Crippen LogP contribution >= 0.6 is 23.2 Å². The Labute approximate surface area is 170 Å². The lowest BCUT2D eigenvalue weighted by Crippen LogP contribution is -2.51. The van der Waals surface area contributed by atoms with Crippen LogP contribution < -0.4 is 5.32 Å². The number of halogens is 2. The van der Waals surface area contributed by atoms with E-state index in [2.05, 4.69) is 15.1 Å². The van der Waals surface area contributed by atoms with Gasteiger partial charge in [0, 0.05) is 55.0 Å². The van der Waals surface area contributed by atoms with Gasteiger partial charge in [-0.05, 0) is 37.5 Å². The van der Waals surface area contributed by atoms with E-state index in [1.165, 1.54) is 6.42 Å². The highest BCUT2D eigenvalue weighted by Crippen LogP contribution is 2.22. The molecule has 2 aliphatic heterocycles. The van der Waals surface area contributed by atoms with E-state index < -0.39 is 0 Å². The average molecular weight is 413 g/mol. The predicted molar refractivity (Wildman–Crippen MR) is 108 cm³/mol. The van der Waals surface area contributed by atoms with Gasteiger partial charge in [-0.2, -0.15) is 0 Å². The van der Waals surface area contributed by atoms with Gasteiger partial charge in [0.15, 0.2) is 0 Å². The second kappa shape index (κ2) is 9.73. The molecule has 148 valence electrons. The summed E-state index contributed by atoms with van der Waals surface area (Å²) in [6, 6.07) is 4.98. The van der Waals surface area contributed by atoms with E-state index in [4.69, 9.17) is 23.2 Å². The van der Waals surface area contributed by atoms with Crippen molar-refractivity contribution >= 4 is 40.7 Å². The summed E-state index contributed by atoms with van der Waals surface area (Å²) >= 11 is 11.9. The van der Waals surface area contributed by atoms with Gasteiger partial charge >= 0.3 is 0 Å². The molecule has 0 saturated carbocycles. The van der Waals surface area contributed by atoms with Crippen LogP contribution in [0.25, 0.3) is 0 Å². The van der Waals surface area contributed by atoms with Crippen LogP contribution in [0.15, 0.2) is 18.2 Å². The third-order valence-electron chi connectivity index (χ3n) is 5.05. The first-order valence-electron chi connectivity index (χ1n) is 9.48. The summed E-state index contributed by atoms with van der Waals surface area (Å²) in [5.74, 6) is 0.143. The molecular formula is C19H26Cl2N4O2. The third-order valence-corrected chi connectivity index (χ3v) is 5.48. The van der Waals surface area contributed by atoms with Gasteiger partial charge in [-0.15, -0.1) is 0 Å². The fourth-order valence-electron chi connectivity index (χ4n) is 3.57. The number of rotatable bonds is 5. The topological polar surface area (TPSA) is 55.9 Å². The lowest BCUT2D eigenvalue weighted by Gasteiger charge is -2.35. The van der Waals surface area contributed by atoms with Gasteiger partial charge in [-0.1, -0.05) is 23.2 Å². The van der Waals surface area contributed by atoms with Gasteiger partial charge in [0.25, 0.3) is 0 Å². The van der Waals surface area contributed by atoms with Crippen LogP contribution in [0.4, 0.5) is 5.69 Å². The van der Waals surface area contributed by atoms with Crippen molar-refractivity contribution in [3.05, 3.63) is 28.2 Å². The maximum absolute atomic E-state index is 12.4. The van der Waals surface area contributed by atoms with Crippen molar-refractivity contribution in [3.63, 3.8) is 0 Å². The number of carbonyl (C=O) groups is 2. The second-order valence-electron chi connectivity index (χ2n) is 7.20. The molecule has 2 fully saturated rings. The number of hydrogen-bond acceptors (Lipinski definition) is 4. The second-order valence-corrected chi connectivity index (χ2v) is 8.07. The Hall–Kier alpha value is -1.34. The molecule has 3 rings (SSSR count). The highest BCUT2D eigenvalue weighted by molar-refractivity contribution is 6.35. The fraction of sp³-hybridized carbons (Fsp3) is 0.579. The molecule has 0 atom stereocenters. The Bertz CT molecular complexity index is 651. The van der Waals surface area contributed by atoms with Crippen LogP contribution in [-0.2, 0) is 9.59 Å². The quantitative estimate of drug-likeness (QED) is 0.807. The predicted octanol–water partition coefficient (Wildman–Crippen LogP) is 2.56. The number of likely N-dealkylation sites (tertiary alicyclic amines) is 1. The lowest BCUT2D eigenvalue weighted by atomic mass is 10.1. The van der Waals surface area contributed by atoms with E-state index in [1.54, 1.807) is 18.2 Å². The number of hydrogen-bond donors (Lipinski definition) is 1. The smallest absolute Gasteiger partial charge is 0.238 e.